The second-order valence-electron chi connectivity index (χ2n) is 3.88. The molecule has 0 amide bonds. The molecule has 0 spiro atoms. The summed E-state index contributed by atoms with van der Waals surface area (Å²) in [6, 6.07) is 8.73. The topological polar surface area (TPSA) is 44.3 Å². The van der Waals surface area contributed by atoms with Crippen molar-refractivity contribution in [3.8, 4) is 11.5 Å². The van der Waals surface area contributed by atoms with Crippen molar-refractivity contribution in [3.05, 3.63) is 53.9 Å². The zero-order valence-electron chi connectivity index (χ0n) is 9.54. The van der Waals surface area contributed by atoms with Crippen LogP contribution in [0.25, 0.3) is 12.2 Å². The van der Waals surface area contributed by atoms with Crippen LogP contribution in [0.4, 0.5) is 0 Å². The molecule has 0 fully saturated rings. The van der Waals surface area contributed by atoms with Gasteiger partial charge in [-0.1, -0.05) is 18.2 Å². The molecule has 1 aromatic heterocycles. The van der Waals surface area contributed by atoms with Crippen molar-refractivity contribution in [1.29, 1.82) is 0 Å². The van der Waals surface area contributed by atoms with Crippen molar-refractivity contribution in [1.82, 2.24) is 0 Å². The first-order valence-electron chi connectivity index (χ1n) is 5.30. The SMILES string of the molecule is C[n+]1ccc(C=Cc2ccc(O)c(O)c2)cc1. The molecule has 0 aliphatic carbocycles. The summed E-state index contributed by atoms with van der Waals surface area (Å²) in [5.74, 6) is -0.208. The van der Waals surface area contributed by atoms with Crippen molar-refractivity contribution < 1.29 is 14.8 Å². The maximum absolute atomic E-state index is 9.35. The Morgan fingerprint density at radius 2 is 1.53 bits per heavy atom. The fourth-order valence-electron chi connectivity index (χ4n) is 1.46. The quantitative estimate of drug-likeness (QED) is 0.610. The van der Waals surface area contributed by atoms with Gasteiger partial charge in [0.25, 0.3) is 0 Å². The van der Waals surface area contributed by atoms with Gasteiger partial charge < -0.3 is 10.2 Å². The van der Waals surface area contributed by atoms with Gasteiger partial charge in [-0.3, -0.25) is 0 Å². The molecular formula is C14H14NO2+. The molecule has 0 unspecified atom stereocenters. The number of phenolic OH excluding ortho intramolecular Hbond substituents is 2. The maximum atomic E-state index is 9.35. The van der Waals surface area contributed by atoms with E-state index in [0.29, 0.717) is 0 Å². The molecule has 2 N–H and O–H groups in total. The summed E-state index contributed by atoms with van der Waals surface area (Å²) in [6.45, 7) is 0. The Balaban J connectivity index is 2.20. The van der Waals surface area contributed by atoms with Crippen LogP contribution in [0.5, 0.6) is 11.5 Å². The number of hydrogen-bond donors (Lipinski definition) is 2. The van der Waals surface area contributed by atoms with E-state index in [1.807, 2.05) is 48.3 Å². The van der Waals surface area contributed by atoms with Gasteiger partial charge in [0.2, 0.25) is 0 Å². The first kappa shape index (κ1) is 11.2. The Kier molecular flexibility index (Phi) is 3.10. The number of aromatic hydroxyl groups is 2. The van der Waals surface area contributed by atoms with Gasteiger partial charge in [-0.05, 0) is 23.3 Å². The van der Waals surface area contributed by atoms with Crippen molar-refractivity contribution in [2.45, 2.75) is 0 Å². The normalized spacial score (nSPS) is 10.9. The first-order valence-corrected chi connectivity index (χ1v) is 5.30. The average Bonchev–Trinajstić information content (AvgIpc) is 2.33. The lowest BCUT2D eigenvalue weighted by Crippen LogP contribution is -2.25. The van der Waals surface area contributed by atoms with Crippen molar-refractivity contribution in [3.63, 3.8) is 0 Å². The Labute approximate surface area is 99.9 Å². The molecule has 2 rings (SSSR count). The number of nitrogens with zero attached hydrogens (tertiary/aromatic N) is 1. The van der Waals surface area contributed by atoms with Gasteiger partial charge in [-0.25, -0.2) is 4.57 Å². The van der Waals surface area contributed by atoms with Crippen LogP contribution in [0, 0.1) is 0 Å². The predicted molar refractivity (Wildman–Crippen MR) is 66.3 cm³/mol. The lowest BCUT2D eigenvalue weighted by atomic mass is 10.1. The maximum Gasteiger partial charge on any atom is 0.169 e. The predicted octanol–water partition coefficient (Wildman–Crippen LogP) is 2.09. The van der Waals surface area contributed by atoms with E-state index in [0.717, 1.165) is 11.1 Å². The molecular weight excluding hydrogens is 214 g/mol. The molecule has 3 heteroatoms. The van der Waals surface area contributed by atoms with Gasteiger partial charge in [0, 0.05) is 12.1 Å². The summed E-state index contributed by atoms with van der Waals surface area (Å²) in [6.07, 6.45) is 7.77. The molecule has 0 atom stereocenters. The lowest BCUT2D eigenvalue weighted by molar-refractivity contribution is -0.671. The van der Waals surface area contributed by atoms with E-state index in [2.05, 4.69) is 0 Å². The highest BCUT2D eigenvalue weighted by molar-refractivity contribution is 5.70. The van der Waals surface area contributed by atoms with Crippen LogP contribution < -0.4 is 4.57 Å². The third-order valence-corrected chi connectivity index (χ3v) is 2.47. The molecule has 86 valence electrons. The fourth-order valence-corrected chi connectivity index (χ4v) is 1.46. The van der Waals surface area contributed by atoms with Crippen molar-refractivity contribution in [2.75, 3.05) is 0 Å². The number of aromatic nitrogens is 1. The van der Waals surface area contributed by atoms with Gasteiger partial charge in [0.15, 0.2) is 23.9 Å². The van der Waals surface area contributed by atoms with Crippen LogP contribution >= 0.6 is 0 Å². The number of rotatable bonds is 2. The van der Waals surface area contributed by atoms with Crippen LogP contribution in [-0.4, -0.2) is 10.2 Å². The number of phenols is 2. The summed E-state index contributed by atoms with van der Waals surface area (Å²) < 4.78 is 1.96. The summed E-state index contributed by atoms with van der Waals surface area (Å²) in [4.78, 5) is 0. The lowest BCUT2D eigenvalue weighted by Gasteiger charge is -1.98. The highest BCUT2D eigenvalue weighted by atomic mass is 16.3. The minimum Gasteiger partial charge on any atom is -0.504 e. The third-order valence-electron chi connectivity index (χ3n) is 2.47. The van der Waals surface area contributed by atoms with Crippen molar-refractivity contribution in [2.24, 2.45) is 7.05 Å². The van der Waals surface area contributed by atoms with E-state index in [1.165, 1.54) is 12.1 Å². The fraction of sp³-hybridized carbons (Fsp3) is 0.0714. The first-order chi connectivity index (χ1) is 8.15. The Hall–Kier alpha value is -2.29. The molecule has 17 heavy (non-hydrogen) atoms. The zero-order valence-corrected chi connectivity index (χ0v) is 9.54. The Morgan fingerprint density at radius 3 is 2.18 bits per heavy atom. The monoisotopic (exact) mass is 228 g/mol. The third kappa shape index (κ3) is 2.84. The molecule has 3 nitrogen and oxygen atoms in total. The standard InChI is InChI=1S/C14H13NO2/c1-15-8-6-11(7-9-15)2-3-12-4-5-13(16)14(17)10-12/h2-10,17H,1H3/p+1. The van der Waals surface area contributed by atoms with Gasteiger partial charge in [-0.15, -0.1) is 0 Å². The molecule has 0 radical (unpaired) electrons. The van der Waals surface area contributed by atoms with Crippen LogP contribution in [0.3, 0.4) is 0 Å². The molecule has 2 aromatic rings. The minimum atomic E-state index is -0.105. The minimum absolute atomic E-state index is 0.103. The number of benzene rings is 1. The molecule has 0 aliphatic heterocycles. The molecule has 0 aliphatic rings. The van der Waals surface area contributed by atoms with Crippen LogP contribution in [0.1, 0.15) is 11.1 Å². The number of hydrogen-bond acceptors (Lipinski definition) is 2. The zero-order chi connectivity index (χ0) is 12.3. The van der Waals surface area contributed by atoms with Gasteiger partial charge >= 0.3 is 0 Å². The Morgan fingerprint density at radius 1 is 0.882 bits per heavy atom. The second-order valence-corrected chi connectivity index (χ2v) is 3.88. The van der Waals surface area contributed by atoms with E-state index in [1.54, 1.807) is 6.07 Å². The molecule has 0 saturated carbocycles. The number of pyridine rings is 1. The van der Waals surface area contributed by atoms with Crippen molar-refractivity contribution >= 4 is 12.2 Å². The van der Waals surface area contributed by atoms with E-state index in [4.69, 9.17) is 0 Å². The van der Waals surface area contributed by atoms with Crippen LogP contribution in [0.2, 0.25) is 0 Å². The van der Waals surface area contributed by atoms with E-state index < -0.39 is 0 Å². The summed E-state index contributed by atoms with van der Waals surface area (Å²) >= 11 is 0. The molecule has 1 heterocycles. The highest BCUT2D eigenvalue weighted by Gasteiger charge is 1.98. The Bertz CT molecular complexity index is 545. The average molecular weight is 228 g/mol. The largest absolute Gasteiger partial charge is 0.504 e. The molecule has 0 saturated heterocycles. The van der Waals surface area contributed by atoms with E-state index in [-0.39, 0.29) is 11.5 Å². The molecule has 1 aromatic carbocycles. The summed E-state index contributed by atoms with van der Waals surface area (Å²) in [5, 5.41) is 18.5. The van der Waals surface area contributed by atoms with Gasteiger partial charge in [-0.2, -0.15) is 0 Å². The summed E-state index contributed by atoms with van der Waals surface area (Å²) in [7, 11) is 1.96. The molecule has 0 bridgehead atoms. The van der Waals surface area contributed by atoms with E-state index >= 15 is 0 Å². The van der Waals surface area contributed by atoms with Gasteiger partial charge in [0.1, 0.15) is 7.05 Å². The summed E-state index contributed by atoms with van der Waals surface area (Å²) in [5.41, 5.74) is 1.92. The highest BCUT2D eigenvalue weighted by Crippen LogP contribution is 2.25. The van der Waals surface area contributed by atoms with E-state index in [9.17, 15) is 10.2 Å². The van der Waals surface area contributed by atoms with Crippen LogP contribution in [0.15, 0.2) is 42.7 Å². The smallest absolute Gasteiger partial charge is 0.169 e. The van der Waals surface area contributed by atoms with Gasteiger partial charge in [0.05, 0.1) is 0 Å². The second kappa shape index (κ2) is 4.70. The number of aryl methyl sites for hydroxylation is 1. The van der Waals surface area contributed by atoms with Crippen LogP contribution in [-0.2, 0) is 7.05 Å².